The molecule has 0 aliphatic carbocycles. The van der Waals surface area contributed by atoms with E-state index in [1.165, 1.54) is 12.7 Å². The number of carbonyl (C=O) groups excluding carboxylic acids is 1. The summed E-state index contributed by atoms with van der Waals surface area (Å²) in [5.41, 5.74) is 7.59. The molecule has 4 nitrogen and oxygen atoms in total. The Hall–Kier alpha value is -3.53. The maximum Gasteiger partial charge on any atom is 0.337 e. The van der Waals surface area contributed by atoms with Crippen LogP contribution in [0.25, 0.3) is 33.4 Å². The third-order valence-corrected chi connectivity index (χ3v) is 5.79. The lowest BCUT2D eigenvalue weighted by atomic mass is 9.86. The molecular formula is C30H35N2O2+. The lowest BCUT2D eigenvalue weighted by molar-refractivity contribution is -0.667. The van der Waals surface area contributed by atoms with Gasteiger partial charge in [0.05, 0.1) is 12.7 Å². The van der Waals surface area contributed by atoms with Gasteiger partial charge in [0.2, 0.25) is 5.52 Å². The second kappa shape index (κ2) is 10.6. The number of hydrogen-bond donors (Lipinski definition) is 0. The van der Waals surface area contributed by atoms with E-state index in [4.69, 9.17) is 9.72 Å². The number of carbonyl (C=O) groups is 1. The monoisotopic (exact) mass is 455 g/mol. The summed E-state index contributed by atoms with van der Waals surface area (Å²) in [6, 6.07) is 22.5. The molecule has 4 heteroatoms. The number of rotatable bonds is 4. The molecule has 4 aromatic rings. The number of methoxy groups -OCH3 is 1. The molecule has 0 N–H and O–H groups in total. The van der Waals surface area contributed by atoms with Crippen LogP contribution in [0.1, 0.15) is 57.5 Å². The van der Waals surface area contributed by atoms with Crippen molar-refractivity contribution in [1.29, 1.82) is 0 Å². The topological polar surface area (TPSA) is 43.1 Å². The maximum atomic E-state index is 12.5. The van der Waals surface area contributed by atoms with Crippen molar-refractivity contribution in [3.8, 4) is 22.4 Å². The highest BCUT2D eigenvalue weighted by atomic mass is 16.5. The van der Waals surface area contributed by atoms with Crippen molar-refractivity contribution < 1.29 is 14.1 Å². The average molecular weight is 456 g/mol. The van der Waals surface area contributed by atoms with Gasteiger partial charge >= 0.3 is 5.97 Å². The first kappa shape index (κ1) is 25.1. The van der Waals surface area contributed by atoms with Gasteiger partial charge in [0.25, 0.3) is 0 Å². The van der Waals surface area contributed by atoms with Crippen molar-refractivity contribution in [2.75, 3.05) is 7.11 Å². The minimum absolute atomic E-state index is 0.0837. The molecule has 0 fully saturated rings. The van der Waals surface area contributed by atoms with Crippen molar-refractivity contribution in [2.45, 2.75) is 53.5 Å². The molecule has 0 unspecified atom stereocenters. The van der Waals surface area contributed by atoms with E-state index in [2.05, 4.69) is 68.7 Å². The maximum absolute atomic E-state index is 12.5. The minimum Gasteiger partial charge on any atom is -0.465 e. The number of esters is 1. The molecule has 0 spiro atoms. The van der Waals surface area contributed by atoms with Gasteiger partial charge in [-0.1, -0.05) is 71.0 Å². The zero-order valence-electron chi connectivity index (χ0n) is 21.3. The molecule has 0 aliphatic rings. The lowest BCUT2D eigenvalue weighted by Crippen LogP contribution is -2.33. The second-order valence-corrected chi connectivity index (χ2v) is 9.02. The molecule has 1 heterocycles. The van der Waals surface area contributed by atoms with Crippen LogP contribution < -0.4 is 4.57 Å². The van der Waals surface area contributed by atoms with Gasteiger partial charge in [-0.05, 0) is 53.3 Å². The molecule has 34 heavy (non-hydrogen) atoms. The number of fused-ring (bicyclic) bond motifs is 1. The summed E-state index contributed by atoms with van der Waals surface area (Å²) in [6.45, 7) is 13.5. The van der Waals surface area contributed by atoms with E-state index in [-0.39, 0.29) is 11.4 Å². The summed E-state index contributed by atoms with van der Waals surface area (Å²) in [5.74, 6) is -0.358. The third-order valence-electron chi connectivity index (χ3n) is 5.79. The molecule has 3 aromatic carbocycles. The van der Waals surface area contributed by atoms with Crippen LogP contribution in [0.5, 0.6) is 0 Å². The Morgan fingerprint density at radius 1 is 0.912 bits per heavy atom. The summed E-state index contributed by atoms with van der Waals surface area (Å²) in [7, 11) is 1.41. The fraction of sp³-hybridized carbons (Fsp3) is 0.300. The number of para-hydroxylation sites is 2. The number of hydrogen-bond acceptors (Lipinski definition) is 3. The molecule has 0 aliphatic heterocycles. The van der Waals surface area contributed by atoms with Crippen LogP contribution in [-0.4, -0.2) is 18.1 Å². The van der Waals surface area contributed by atoms with Gasteiger partial charge in [0.15, 0.2) is 6.20 Å². The van der Waals surface area contributed by atoms with Crippen molar-refractivity contribution in [1.82, 2.24) is 4.98 Å². The second-order valence-electron chi connectivity index (χ2n) is 9.02. The zero-order valence-corrected chi connectivity index (χ0v) is 21.3. The average Bonchev–Trinajstić information content (AvgIpc) is 2.88. The Labute approximate surface area is 203 Å². The SMILES string of the molecule is CC.CC[n+]1cc(-c2cc(C(=O)OC)cc(-c3ccc(C(C)(C)C)cc3)c2)nc2ccccc21. The van der Waals surface area contributed by atoms with Gasteiger partial charge in [-0.3, -0.25) is 0 Å². The van der Waals surface area contributed by atoms with Gasteiger partial charge < -0.3 is 4.74 Å². The summed E-state index contributed by atoms with van der Waals surface area (Å²) in [4.78, 5) is 17.3. The molecule has 0 bridgehead atoms. The van der Waals surface area contributed by atoms with E-state index in [0.29, 0.717) is 5.56 Å². The van der Waals surface area contributed by atoms with Gasteiger partial charge in [0, 0.05) is 11.6 Å². The van der Waals surface area contributed by atoms with E-state index in [0.717, 1.165) is 40.0 Å². The summed E-state index contributed by atoms with van der Waals surface area (Å²) in [5, 5.41) is 0. The van der Waals surface area contributed by atoms with Crippen LogP contribution in [0, 0.1) is 0 Å². The van der Waals surface area contributed by atoms with E-state index in [1.54, 1.807) is 0 Å². The molecule has 0 radical (unpaired) electrons. The van der Waals surface area contributed by atoms with E-state index >= 15 is 0 Å². The predicted octanol–water partition coefficient (Wildman–Crippen LogP) is 6.99. The fourth-order valence-corrected chi connectivity index (χ4v) is 3.92. The molecule has 4 rings (SSSR count). The van der Waals surface area contributed by atoms with Crippen molar-refractivity contribution >= 4 is 17.0 Å². The smallest absolute Gasteiger partial charge is 0.337 e. The van der Waals surface area contributed by atoms with E-state index in [1.807, 2.05) is 50.4 Å². The van der Waals surface area contributed by atoms with Crippen molar-refractivity contribution in [3.63, 3.8) is 0 Å². The highest BCUT2D eigenvalue weighted by Gasteiger charge is 2.17. The highest BCUT2D eigenvalue weighted by Crippen LogP contribution is 2.30. The molecule has 0 amide bonds. The van der Waals surface area contributed by atoms with Crippen LogP contribution in [0.2, 0.25) is 0 Å². The Morgan fingerprint density at radius 2 is 1.56 bits per heavy atom. The summed E-state index contributed by atoms with van der Waals surface area (Å²) >= 11 is 0. The molecule has 0 atom stereocenters. The largest absolute Gasteiger partial charge is 0.465 e. The first-order valence-corrected chi connectivity index (χ1v) is 11.9. The standard InChI is InChI=1S/C28H29N2O2.C2H6/c1-6-30-18-25(29-24-9-7-8-10-26(24)30)21-15-20(16-22(17-21)27(31)32-5)19-11-13-23(14-12-19)28(2,3)4;1-2/h7-18H,6H2,1-5H3;1-2H3/q+1;. The molecule has 0 saturated carbocycles. The Morgan fingerprint density at radius 3 is 2.18 bits per heavy atom. The first-order chi connectivity index (χ1) is 16.3. The molecule has 1 aromatic heterocycles. The minimum atomic E-state index is -0.358. The number of aryl methyl sites for hydroxylation is 1. The molecule has 176 valence electrons. The van der Waals surface area contributed by atoms with Crippen LogP contribution in [0.15, 0.2) is 72.9 Å². The summed E-state index contributed by atoms with van der Waals surface area (Å²) < 4.78 is 7.21. The van der Waals surface area contributed by atoms with Crippen molar-refractivity contribution in [2.24, 2.45) is 0 Å². The third kappa shape index (κ3) is 5.33. The normalized spacial score (nSPS) is 11.0. The number of nitrogens with zero attached hydrogens (tertiary/aromatic N) is 2. The lowest BCUT2D eigenvalue weighted by Gasteiger charge is -2.19. The predicted molar refractivity (Wildman–Crippen MR) is 140 cm³/mol. The summed E-state index contributed by atoms with van der Waals surface area (Å²) in [6.07, 6.45) is 2.05. The van der Waals surface area contributed by atoms with Gasteiger partial charge in [-0.15, -0.1) is 0 Å². The highest BCUT2D eigenvalue weighted by molar-refractivity contribution is 5.93. The van der Waals surface area contributed by atoms with Gasteiger partial charge in [-0.2, -0.15) is 4.57 Å². The van der Waals surface area contributed by atoms with Crippen LogP contribution in [0.3, 0.4) is 0 Å². The number of aromatic nitrogens is 2. The zero-order chi connectivity index (χ0) is 24.9. The van der Waals surface area contributed by atoms with E-state index < -0.39 is 0 Å². The molecular weight excluding hydrogens is 420 g/mol. The fourth-order valence-electron chi connectivity index (χ4n) is 3.92. The first-order valence-electron chi connectivity index (χ1n) is 11.9. The Bertz CT molecular complexity index is 1290. The van der Waals surface area contributed by atoms with Gasteiger partial charge in [-0.25, -0.2) is 9.78 Å². The number of ether oxygens (including phenoxy) is 1. The van der Waals surface area contributed by atoms with Crippen LogP contribution in [0.4, 0.5) is 0 Å². The van der Waals surface area contributed by atoms with Crippen LogP contribution in [-0.2, 0) is 16.7 Å². The number of benzene rings is 3. The Balaban J connectivity index is 0.00000158. The van der Waals surface area contributed by atoms with Gasteiger partial charge in [0.1, 0.15) is 17.8 Å². The van der Waals surface area contributed by atoms with Crippen molar-refractivity contribution in [3.05, 3.63) is 84.1 Å². The molecule has 0 saturated heterocycles. The Kier molecular flexibility index (Phi) is 7.83. The van der Waals surface area contributed by atoms with Crippen LogP contribution >= 0.6 is 0 Å². The van der Waals surface area contributed by atoms with E-state index in [9.17, 15) is 4.79 Å². The quantitative estimate of drug-likeness (QED) is 0.246.